The molecule has 0 spiro atoms. The zero-order valence-electron chi connectivity index (χ0n) is 16.6. The predicted molar refractivity (Wildman–Crippen MR) is 118 cm³/mol. The normalized spacial score (nSPS) is 14.3. The first-order chi connectivity index (χ1) is 14.4. The summed E-state index contributed by atoms with van der Waals surface area (Å²) in [5.41, 5.74) is 1.24. The second kappa shape index (κ2) is 10.2. The van der Waals surface area contributed by atoms with Gasteiger partial charge in [-0.05, 0) is 38.0 Å². The first-order valence-corrected chi connectivity index (χ1v) is 11.5. The molecule has 3 rings (SSSR count). The number of hydrogen-bond donors (Lipinski definition) is 1. The molecule has 2 heterocycles. The van der Waals surface area contributed by atoms with E-state index in [9.17, 15) is 9.59 Å². The van der Waals surface area contributed by atoms with Crippen molar-refractivity contribution in [3.05, 3.63) is 34.5 Å². The molecule has 158 valence electrons. The molecule has 10 heteroatoms. The minimum absolute atomic E-state index is 0.0898. The quantitative estimate of drug-likeness (QED) is 0.643. The van der Waals surface area contributed by atoms with Gasteiger partial charge < -0.3 is 15.0 Å². The lowest BCUT2D eigenvalue weighted by Crippen LogP contribution is -2.41. The third kappa shape index (κ3) is 5.25. The van der Waals surface area contributed by atoms with Crippen molar-refractivity contribution in [2.45, 2.75) is 24.0 Å². The second-order valence-electron chi connectivity index (χ2n) is 6.74. The molecule has 0 saturated carbocycles. The Labute approximate surface area is 188 Å². The summed E-state index contributed by atoms with van der Waals surface area (Å²) in [7, 11) is 1.52. The van der Waals surface area contributed by atoms with Gasteiger partial charge in [-0.1, -0.05) is 34.7 Å². The van der Waals surface area contributed by atoms with Crippen molar-refractivity contribution < 1.29 is 14.3 Å². The van der Waals surface area contributed by atoms with E-state index in [2.05, 4.69) is 16.4 Å². The number of thiazole rings is 1. The van der Waals surface area contributed by atoms with Gasteiger partial charge in [-0.25, -0.2) is 4.98 Å². The molecular weight excluding hydrogens is 444 g/mol. The maximum absolute atomic E-state index is 12.9. The first-order valence-electron chi connectivity index (χ1n) is 9.33. The number of methoxy groups -OCH3 is 1. The van der Waals surface area contributed by atoms with Gasteiger partial charge in [0.15, 0.2) is 5.13 Å². The van der Waals surface area contributed by atoms with Crippen LogP contribution in [0.1, 0.15) is 28.9 Å². The Balaban J connectivity index is 1.58. The predicted octanol–water partition coefficient (Wildman–Crippen LogP) is 4.22. The van der Waals surface area contributed by atoms with E-state index >= 15 is 0 Å². The molecule has 1 N–H and O–H groups in total. The summed E-state index contributed by atoms with van der Waals surface area (Å²) in [5.74, 6) is 0.402. The Bertz CT molecular complexity index is 981. The molecule has 2 amide bonds. The van der Waals surface area contributed by atoms with Crippen molar-refractivity contribution in [1.82, 2.24) is 9.88 Å². The van der Waals surface area contributed by atoms with Crippen molar-refractivity contribution in [1.29, 1.82) is 5.26 Å². The maximum atomic E-state index is 12.9. The van der Waals surface area contributed by atoms with Crippen LogP contribution in [0, 0.1) is 24.2 Å². The van der Waals surface area contributed by atoms with Gasteiger partial charge in [0, 0.05) is 24.0 Å². The number of carbonyl (C=O) groups is 2. The van der Waals surface area contributed by atoms with E-state index in [1.807, 2.05) is 6.92 Å². The monoisotopic (exact) mass is 464 g/mol. The van der Waals surface area contributed by atoms with Crippen LogP contribution in [0.25, 0.3) is 0 Å². The number of amides is 2. The number of likely N-dealkylation sites (tertiary alicyclic amines) is 1. The van der Waals surface area contributed by atoms with Crippen molar-refractivity contribution in [2.75, 3.05) is 31.3 Å². The number of aromatic nitrogens is 1. The minimum atomic E-state index is -0.185. The molecule has 30 heavy (non-hydrogen) atoms. The Morgan fingerprint density at radius 1 is 1.43 bits per heavy atom. The number of benzene rings is 1. The largest absolute Gasteiger partial charge is 0.496 e. The maximum Gasteiger partial charge on any atom is 0.257 e. The number of anilines is 1. The Morgan fingerprint density at radius 2 is 2.17 bits per heavy atom. The highest BCUT2D eigenvalue weighted by molar-refractivity contribution is 8.01. The van der Waals surface area contributed by atoms with Crippen LogP contribution in [0.5, 0.6) is 5.75 Å². The fraction of sp³-hybridized carbons (Fsp3) is 0.400. The number of thioether (sulfide) groups is 1. The highest BCUT2D eigenvalue weighted by Crippen LogP contribution is 2.32. The van der Waals surface area contributed by atoms with E-state index in [0.717, 1.165) is 9.90 Å². The van der Waals surface area contributed by atoms with Crippen LogP contribution in [0.2, 0.25) is 5.02 Å². The van der Waals surface area contributed by atoms with E-state index in [1.54, 1.807) is 23.1 Å². The van der Waals surface area contributed by atoms with Crippen LogP contribution in [-0.2, 0) is 4.79 Å². The Hall–Kier alpha value is -2.28. The molecule has 1 aromatic carbocycles. The average Bonchev–Trinajstić information content (AvgIpc) is 3.10. The summed E-state index contributed by atoms with van der Waals surface area (Å²) < 4.78 is 6.21. The molecule has 2 aromatic rings. The fourth-order valence-corrected chi connectivity index (χ4v) is 5.21. The topological polar surface area (TPSA) is 95.3 Å². The smallest absolute Gasteiger partial charge is 0.257 e. The van der Waals surface area contributed by atoms with Crippen LogP contribution < -0.4 is 10.1 Å². The van der Waals surface area contributed by atoms with Crippen LogP contribution in [0.3, 0.4) is 0 Å². The number of halogens is 1. The standard InChI is InChI=1S/C20H21ClN4O3S2/c1-12-19(29-10-7-22)30-20(23-12)24-17(26)13-5-8-25(9-6-13)18(27)15-11-14(21)3-4-16(15)28-2/h3-4,11,13H,5-6,8-10H2,1-2H3,(H,23,24,26). The van der Waals surface area contributed by atoms with Crippen molar-refractivity contribution in [2.24, 2.45) is 5.92 Å². The van der Waals surface area contributed by atoms with E-state index < -0.39 is 0 Å². The van der Waals surface area contributed by atoms with E-state index in [1.165, 1.54) is 30.2 Å². The zero-order chi connectivity index (χ0) is 21.7. The number of ether oxygens (including phenoxy) is 1. The van der Waals surface area contributed by atoms with Crippen LogP contribution >= 0.6 is 34.7 Å². The third-order valence-corrected chi connectivity index (χ3v) is 7.33. The molecule has 1 fully saturated rings. The number of carbonyl (C=O) groups excluding carboxylic acids is 2. The summed E-state index contributed by atoms with van der Waals surface area (Å²) in [5, 5.41) is 12.6. The zero-order valence-corrected chi connectivity index (χ0v) is 19.0. The number of nitriles is 1. The lowest BCUT2D eigenvalue weighted by Gasteiger charge is -2.31. The number of piperidine rings is 1. The van der Waals surface area contributed by atoms with Gasteiger partial charge in [0.25, 0.3) is 5.91 Å². The SMILES string of the molecule is COc1ccc(Cl)cc1C(=O)N1CCC(C(=O)Nc2nc(C)c(SCC#N)s2)CC1. The summed E-state index contributed by atoms with van der Waals surface area (Å²) in [6.45, 7) is 2.82. The van der Waals surface area contributed by atoms with Crippen molar-refractivity contribution >= 4 is 51.6 Å². The first kappa shape index (κ1) is 22.4. The Kier molecular flexibility index (Phi) is 7.58. The molecule has 1 saturated heterocycles. The lowest BCUT2D eigenvalue weighted by atomic mass is 9.95. The van der Waals surface area contributed by atoms with Gasteiger partial charge in [-0.2, -0.15) is 5.26 Å². The van der Waals surface area contributed by atoms with Gasteiger partial charge >= 0.3 is 0 Å². The third-order valence-electron chi connectivity index (χ3n) is 4.80. The summed E-state index contributed by atoms with van der Waals surface area (Å²) in [6, 6.07) is 7.05. The summed E-state index contributed by atoms with van der Waals surface area (Å²) in [6.07, 6.45) is 1.14. The Morgan fingerprint density at radius 3 is 2.83 bits per heavy atom. The number of nitrogens with one attached hydrogen (secondary N) is 1. The molecule has 0 unspecified atom stereocenters. The van der Waals surface area contributed by atoms with Gasteiger partial charge in [-0.3, -0.25) is 9.59 Å². The average molecular weight is 465 g/mol. The lowest BCUT2D eigenvalue weighted by molar-refractivity contribution is -0.121. The molecule has 0 aliphatic carbocycles. The van der Waals surface area contributed by atoms with Gasteiger partial charge in [0.1, 0.15) is 5.75 Å². The molecule has 0 atom stereocenters. The summed E-state index contributed by atoms with van der Waals surface area (Å²) >= 11 is 8.83. The van der Waals surface area contributed by atoms with Gasteiger partial charge in [-0.15, -0.1) is 0 Å². The van der Waals surface area contributed by atoms with Crippen LogP contribution in [-0.4, -0.2) is 47.7 Å². The van der Waals surface area contributed by atoms with Gasteiger partial charge in [0.05, 0.1) is 34.4 Å². The van der Waals surface area contributed by atoms with E-state index in [0.29, 0.717) is 53.2 Å². The van der Waals surface area contributed by atoms with E-state index in [4.69, 9.17) is 21.6 Å². The molecule has 1 aliphatic rings. The molecule has 0 radical (unpaired) electrons. The number of rotatable bonds is 6. The summed E-state index contributed by atoms with van der Waals surface area (Å²) in [4.78, 5) is 31.6. The van der Waals surface area contributed by atoms with Crippen LogP contribution in [0.15, 0.2) is 22.4 Å². The highest BCUT2D eigenvalue weighted by Gasteiger charge is 2.29. The number of nitrogens with zero attached hydrogens (tertiary/aromatic N) is 3. The number of aryl methyl sites for hydroxylation is 1. The molecule has 7 nitrogen and oxygen atoms in total. The minimum Gasteiger partial charge on any atom is -0.496 e. The molecular formula is C20H21ClN4O3S2. The number of hydrogen-bond acceptors (Lipinski definition) is 7. The van der Waals surface area contributed by atoms with Gasteiger partial charge in [0.2, 0.25) is 5.91 Å². The molecule has 0 bridgehead atoms. The van der Waals surface area contributed by atoms with Crippen LogP contribution in [0.4, 0.5) is 5.13 Å². The van der Waals surface area contributed by atoms with Crippen molar-refractivity contribution in [3.8, 4) is 11.8 Å². The fourth-order valence-electron chi connectivity index (χ4n) is 3.24. The van der Waals surface area contributed by atoms with E-state index in [-0.39, 0.29) is 17.7 Å². The molecule has 1 aromatic heterocycles. The van der Waals surface area contributed by atoms with Crippen molar-refractivity contribution in [3.63, 3.8) is 0 Å². The molecule has 1 aliphatic heterocycles. The highest BCUT2D eigenvalue weighted by atomic mass is 35.5. The second-order valence-corrected chi connectivity index (χ2v) is 9.42.